The van der Waals surface area contributed by atoms with Gasteiger partial charge < -0.3 is 9.64 Å². The molecule has 1 aromatic carbocycles. The van der Waals surface area contributed by atoms with Crippen molar-refractivity contribution in [1.82, 2.24) is 9.80 Å². The van der Waals surface area contributed by atoms with Gasteiger partial charge in [-0.1, -0.05) is 6.07 Å². The van der Waals surface area contributed by atoms with Crippen LogP contribution in [0.2, 0.25) is 0 Å². The third kappa shape index (κ3) is 4.43. The van der Waals surface area contributed by atoms with Gasteiger partial charge in [0, 0.05) is 43.2 Å². The highest BCUT2D eigenvalue weighted by Crippen LogP contribution is 2.14. The number of hydrogen-bond acceptors (Lipinski definition) is 5. The second kappa shape index (κ2) is 8.08. The SMILES string of the molecule is O=Cc1ccc(OCC(=O)N2CCN(Cc3cccs3)CC2)cc1. The van der Waals surface area contributed by atoms with Crippen LogP contribution < -0.4 is 4.74 Å². The molecule has 0 aliphatic carbocycles. The molecule has 1 fully saturated rings. The molecule has 1 saturated heterocycles. The van der Waals surface area contributed by atoms with Gasteiger partial charge in [-0.3, -0.25) is 14.5 Å². The molecule has 1 aliphatic rings. The Balaban J connectivity index is 1.42. The van der Waals surface area contributed by atoms with E-state index >= 15 is 0 Å². The Bertz CT molecular complexity index is 662. The van der Waals surface area contributed by atoms with Gasteiger partial charge >= 0.3 is 0 Å². The molecule has 5 nitrogen and oxygen atoms in total. The maximum atomic E-state index is 12.2. The van der Waals surface area contributed by atoms with Crippen molar-refractivity contribution in [2.24, 2.45) is 0 Å². The molecular formula is C18H20N2O3S. The summed E-state index contributed by atoms with van der Waals surface area (Å²) >= 11 is 1.77. The van der Waals surface area contributed by atoms with Gasteiger partial charge in [0.1, 0.15) is 12.0 Å². The minimum absolute atomic E-state index is 0.00485. The van der Waals surface area contributed by atoms with E-state index in [1.165, 1.54) is 4.88 Å². The Morgan fingerprint density at radius 2 is 1.88 bits per heavy atom. The molecule has 1 amide bonds. The van der Waals surface area contributed by atoms with E-state index in [2.05, 4.69) is 22.4 Å². The lowest BCUT2D eigenvalue weighted by molar-refractivity contribution is -0.135. The summed E-state index contributed by atoms with van der Waals surface area (Å²) in [7, 11) is 0. The standard InChI is InChI=1S/C18H20N2O3S/c21-13-15-3-5-16(6-4-15)23-14-18(22)20-9-7-19(8-10-20)12-17-2-1-11-24-17/h1-6,11,13H,7-10,12,14H2. The van der Waals surface area contributed by atoms with Gasteiger partial charge in [-0.25, -0.2) is 0 Å². The van der Waals surface area contributed by atoms with Gasteiger partial charge in [-0.2, -0.15) is 0 Å². The first-order chi connectivity index (χ1) is 11.7. The third-order valence-electron chi connectivity index (χ3n) is 4.06. The number of benzene rings is 1. The minimum atomic E-state index is 0.00485. The zero-order valence-corrected chi connectivity index (χ0v) is 14.2. The average Bonchev–Trinajstić information content (AvgIpc) is 3.14. The van der Waals surface area contributed by atoms with Gasteiger partial charge in [-0.05, 0) is 35.7 Å². The summed E-state index contributed by atoms with van der Waals surface area (Å²) in [5.74, 6) is 0.607. The predicted octanol–water partition coefficient (Wildman–Crippen LogP) is 2.28. The van der Waals surface area contributed by atoms with E-state index in [-0.39, 0.29) is 12.5 Å². The number of nitrogens with zero attached hydrogens (tertiary/aromatic N) is 2. The molecule has 0 bridgehead atoms. The molecule has 1 aromatic heterocycles. The number of amides is 1. The Morgan fingerprint density at radius 3 is 2.50 bits per heavy atom. The highest BCUT2D eigenvalue weighted by molar-refractivity contribution is 7.09. The molecule has 126 valence electrons. The molecule has 0 atom stereocenters. The summed E-state index contributed by atoms with van der Waals surface area (Å²) in [5.41, 5.74) is 0.593. The molecule has 0 radical (unpaired) electrons. The maximum absolute atomic E-state index is 12.2. The second-order valence-corrected chi connectivity index (χ2v) is 6.74. The predicted molar refractivity (Wildman–Crippen MR) is 93.5 cm³/mol. The fourth-order valence-corrected chi connectivity index (χ4v) is 3.40. The van der Waals surface area contributed by atoms with Crippen LogP contribution in [0.25, 0.3) is 0 Å². The summed E-state index contributed by atoms with van der Waals surface area (Å²) in [5, 5.41) is 2.09. The fraction of sp³-hybridized carbons (Fsp3) is 0.333. The number of carbonyl (C=O) groups excluding carboxylic acids is 2. The number of hydrogen-bond donors (Lipinski definition) is 0. The van der Waals surface area contributed by atoms with Crippen LogP contribution in [0.1, 0.15) is 15.2 Å². The minimum Gasteiger partial charge on any atom is -0.484 e. The first-order valence-corrected chi connectivity index (χ1v) is 8.83. The monoisotopic (exact) mass is 344 g/mol. The zero-order valence-electron chi connectivity index (χ0n) is 13.4. The number of thiophene rings is 1. The molecule has 3 rings (SSSR count). The Hall–Kier alpha value is -2.18. The number of rotatable bonds is 6. The quantitative estimate of drug-likeness (QED) is 0.755. The molecule has 0 unspecified atom stereocenters. The largest absolute Gasteiger partial charge is 0.484 e. The lowest BCUT2D eigenvalue weighted by Crippen LogP contribution is -2.49. The molecule has 6 heteroatoms. The number of piperazine rings is 1. The average molecular weight is 344 g/mol. The number of carbonyl (C=O) groups is 2. The van der Waals surface area contributed by atoms with Crippen molar-refractivity contribution >= 4 is 23.5 Å². The molecule has 0 spiro atoms. The molecule has 0 saturated carbocycles. The van der Waals surface area contributed by atoms with Crippen molar-refractivity contribution in [1.29, 1.82) is 0 Å². The Labute approximate surface area is 145 Å². The number of aldehydes is 1. The van der Waals surface area contributed by atoms with E-state index in [0.717, 1.165) is 39.0 Å². The second-order valence-electron chi connectivity index (χ2n) is 5.71. The van der Waals surface area contributed by atoms with Gasteiger partial charge in [-0.15, -0.1) is 11.3 Å². The van der Waals surface area contributed by atoms with Crippen molar-refractivity contribution in [2.45, 2.75) is 6.54 Å². The van der Waals surface area contributed by atoms with Crippen molar-refractivity contribution in [3.63, 3.8) is 0 Å². The van der Waals surface area contributed by atoms with Gasteiger partial charge in [0.05, 0.1) is 0 Å². The summed E-state index contributed by atoms with van der Waals surface area (Å²) in [6, 6.07) is 11.0. The molecule has 1 aliphatic heterocycles. The topological polar surface area (TPSA) is 49.9 Å². The van der Waals surface area contributed by atoms with Crippen molar-refractivity contribution in [3.8, 4) is 5.75 Å². The van der Waals surface area contributed by atoms with Gasteiger partial charge in [0.25, 0.3) is 5.91 Å². The fourth-order valence-electron chi connectivity index (χ4n) is 2.66. The highest BCUT2D eigenvalue weighted by atomic mass is 32.1. The first kappa shape index (κ1) is 16.7. The van der Waals surface area contributed by atoms with Crippen molar-refractivity contribution < 1.29 is 14.3 Å². The van der Waals surface area contributed by atoms with Crippen LogP contribution in [0.4, 0.5) is 0 Å². The van der Waals surface area contributed by atoms with Crippen molar-refractivity contribution in [3.05, 3.63) is 52.2 Å². The van der Waals surface area contributed by atoms with Crippen LogP contribution in [-0.2, 0) is 11.3 Å². The van der Waals surface area contributed by atoms with Crippen LogP contribution in [0, 0.1) is 0 Å². The molecule has 0 N–H and O–H groups in total. The molecular weight excluding hydrogens is 324 g/mol. The van der Waals surface area contributed by atoms with Gasteiger partial charge in [0.15, 0.2) is 6.61 Å². The molecule has 2 heterocycles. The Kier molecular flexibility index (Phi) is 5.61. The van der Waals surface area contributed by atoms with E-state index < -0.39 is 0 Å². The van der Waals surface area contributed by atoms with E-state index in [1.807, 2.05) is 4.90 Å². The van der Waals surface area contributed by atoms with Crippen molar-refractivity contribution in [2.75, 3.05) is 32.8 Å². The highest BCUT2D eigenvalue weighted by Gasteiger charge is 2.21. The smallest absolute Gasteiger partial charge is 0.260 e. The summed E-state index contributed by atoms with van der Waals surface area (Å²) in [6.45, 7) is 4.23. The summed E-state index contributed by atoms with van der Waals surface area (Å²) in [6.07, 6.45) is 0.782. The van der Waals surface area contributed by atoms with Crippen LogP contribution in [-0.4, -0.2) is 54.8 Å². The molecule has 2 aromatic rings. The van der Waals surface area contributed by atoms with Crippen LogP contribution >= 0.6 is 11.3 Å². The van der Waals surface area contributed by atoms with E-state index in [1.54, 1.807) is 35.6 Å². The maximum Gasteiger partial charge on any atom is 0.260 e. The molecule has 24 heavy (non-hydrogen) atoms. The summed E-state index contributed by atoms with van der Waals surface area (Å²) < 4.78 is 5.51. The lowest BCUT2D eigenvalue weighted by atomic mass is 10.2. The van der Waals surface area contributed by atoms with E-state index in [4.69, 9.17) is 4.74 Å². The van der Waals surface area contributed by atoms with E-state index in [0.29, 0.717) is 11.3 Å². The van der Waals surface area contributed by atoms with Crippen LogP contribution in [0.5, 0.6) is 5.75 Å². The van der Waals surface area contributed by atoms with Crippen LogP contribution in [0.15, 0.2) is 41.8 Å². The lowest BCUT2D eigenvalue weighted by Gasteiger charge is -2.34. The van der Waals surface area contributed by atoms with E-state index in [9.17, 15) is 9.59 Å². The van der Waals surface area contributed by atoms with Crippen LogP contribution in [0.3, 0.4) is 0 Å². The van der Waals surface area contributed by atoms with Gasteiger partial charge in [0.2, 0.25) is 0 Å². The Morgan fingerprint density at radius 1 is 1.12 bits per heavy atom. The zero-order chi connectivity index (χ0) is 16.8. The summed E-state index contributed by atoms with van der Waals surface area (Å²) in [4.78, 5) is 28.4. The normalized spacial score (nSPS) is 15.2. The third-order valence-corrected chi connectivity index (χ3v) is 4.92. The first-order valence-electron chi connectivity index (χ1n) is 7.95. The number of ether oxygens (including phenoxy) is 1.